The zero-order chi connectivity index (χ0) is 15.5. The Hall–Kier alpha value is -1.98. The van der Waals surface area contributed by atoms with Crippen molar-refractivity contribution in [2.24, 2.45) is 5.92 Å². The number of carbonyl (C=O) groups excluding carboxylic acids is 1. The smallest absolute Gasteiger partial charge is 0.226 e. The van der Waals surface area contributed by atoms with Gasteiger partial charge in [-0.2, -0.15) is 0 Å². The van der Waals surface area contributed by atoms with Gasteiger partial charge in [0.15, 0.2) is 0 Å². The first kappa shape index (κ1) is 14.9. The summed E-state index contributed by atoms with van der Waals surface area (Å²) in [7, 11) is 0. The van der Waals surface area contributed by atoms with Crippen LogP contribution in [0.4, 0.5) is 5.69 Å². The van der Waals surface area contributed by atoms with E-state index in [0.717, 1.165) is 22.0 Å². The number of thiazole rings is 1. The van der Waals surface area contributed by atoms with Gasteiger partial charge in [0.2, 0.25) is 5.91 Å². The summed E-state index contributed by atoms with van der Waals surface area (Å²) in [5.41, 5.74) is 2.84. The molecule has 2 aromatic heterocycles. The highest BCUT2D eigenvalue weighted by Crippen LogP contribution is 2.31. The molecule has 22 heavy (non-hydrogen) atoms. The Bertz CT molecular complexity index is 758. The maximum Gasteiger partial charge on any atom is 0.226 e. The van der Waals surface area contributed by atoms with Crippen LogP contribution in [0.2, 0.25) is 0 Å². The molecule has 0 unspecified atom stereocenters. The summed E-state index contributed by atoms with van der Waals surface area (Å²) < 4.78 is 0. The zero-order valence-electron chi connectivity index (χ0n) is 12.4. The molecule has 1 aromatic carbocycles. The van der Waals surface area contributed by atoms with Crippen molar-refractivity contribution in [2.45, 2.75) is 13.8 Å². The summed E-state index contributed by atoms with van der Waals surface area (Å²) in [6.45, 7) is 3.76. The van der Waals surface area contributed by atoms with E-state index in [9.17, 15) is 4.79 Å². The summed E-state index contributed by atoms with van der Waals surface area (Å²) >= 11 is 3.35. The van der Waals surface area contributed by atoms with Crippen LogP contribution >= 0.6 is 22.7 Å². The Kier molecular flexibility index (Phi) is 4.36. The third-order valence-corrected chi connectivity index (χ3v) is 5.09. The average molecular weight is 328 g/mol. The van der Waals surface area contributed by atoms with Crippen LogP contribution in [0, 0.1) is 5.92 Å². The number of rotatable bonds is 4. The second kappa shape index (κ2) is 6.42. The van der Waals surface area contributed by atoms with Crippen LogP contribution in [-0.2, 0) is 4.79 Å². The van der Waals surface area contributed by atoms with Gasteiger partial charge in [0.1, 0.15) is 5.01 Å². The number of benzene rings is 1. The monoisotopic (exact) mass is 328 g/mol. The van der Waals surface area contributed by atoms with Crippen molar-refractivity contribution in [1.82, 2.24) is 4.98 Å². The lowest BCUT2D eigenvalue weighted by atomic mass is 10.1. The average Bonchev–Trinajstić information content (AvgIpc) is 3.19. The van der Waals surface area contributed by atoms with E-state index in [1.54, 1.807) is 22.7 Å². The van der Waals surface area contributed by atoms with Gasteiger partial charge < -0.3 is 5.32 Å². The third kappa shape index (κ3) is 3.26. The van der Waals surface area contributed by atoms with Crippen LogP contribution in [0.3, 0.4) is 0 Å². The van der Waals surface area contributed by atoms with Crippen LogP contribution in [0.25, 0.3) is 21.1 Å². The van der Waals surface area contributed by atoms with E-state index in [1.807, 2.05) is 44.2 Å². The van der Waals surface area contributed by atoms with E-state index in [1.165, 1.54) is 4.88 Å². The van der Waals surface area contributed by atoms with Crippen molar-refractivity contribution < 1.29 is 4.79 Å². The van der Waals surface area contributed by atoms with Gasteiger partial charge in [-0.25, -0.2) is 4.98 Å². The molecule has 3 nitrogen and oxygen atoms in total. The lowest BCUT2D eigenvalue weighted by Gasteiger charge is -2.07. The number of amides is 1. The molecule has 3 rings (SSSR count). The van der Waals surface area contributed by atoms with E-state index in [0.29, 0.717) is 0 Å². The summed E-state index contributed by atoms with van der Waals surface area (Å²) in [4.78, 5) is 17.6. The lowest BCUT2D eigenvalue weighted by molar-refractivity contribution is -0.118. The Labute approximate surface area is 137 Å². The van der Waals surface area contributed by atoms with Gasteiger partial charge in [-0.3, -0.25) is 4.79 Å². The molecule has 2 heterocycles. The van der Waals surface area contributed by atoms with Crippen molar-refractivity contribution >= 4 is 34.3 Å². The molecule has 0 saturated carbocycles. The summed E-state index contributed by atoms with van der Waals surface area (Å²) in [5.74, 6) is 0.00737. The SMILES string of the molecule is CC(C)C(=O)Nc1ccc(-c2csc(-c3cccs3)n2)cc1. The molecule has 0 aliphatic carbocycles. The predicted octanol–water partition coefficient (Wildman–Crippen LogP) is 5.13. The molecule has 3 aromatic rings. The fraction of sp³-hybridized carbons (Fsp3) is 0.176. The minimum Gasteiger partial charge on any atom is -0.326 e. The van der Waals surface area contributed by atoms with Crippen molar-refractivity contribution in [2.75, 3.05) is 5.32 Å². The van der Waals surface area contributed by atoms with Gasteiger partial charge in [0, 0.05) is 22.5 Å². The molecule has 112 valence electrons. The number of hydrogen-bond acceptors (Lipinski definition) is 4. The topological polar surface area (TPSA) is 42.0 Å². The summed E-state index contributed by atoms with van der Waals surface area (Å²) in [5, 5.41) is 8.06. The van der Waals surface area contributed by atoms with Crippen LogP contribution in [0.1, 0.15) is 13.8 Å². The molecule has 0 spiro atoms. The van der Waals surface area contributed by atoms with Gasteiger partial charge in [-0.1, -0.05) is 32.0 Å². The number of hydrogen-bond donors (Lipinski definition) is 1. The fourth-order valence-corrected chi connectivity index (χ4v) is 3.57. The van der Waals surface area contributed by atoms with Crippen LogP contribution in [0.5, 0.6) is 0 Å². The van der Waals surface area contributed by atoms with Crippen molar-refractivity contribution in [3.63, 3.8) is 0 Å². The van der Waals surface area contributed by atoms with E-state index in [4.69, 9.17) is 0 Å². The van der Waals surface area contributed by atoms with Gasteiger partial charge in [0.05, 0.1) is 10.6 Å². The second-order valence-corrected chi connectivity index (χ2v) is 7.04. The highest BCUT2D eigenvalue weighted by molar-refractivity contribution is 7.20. The van der Waals surface area contributed by atoms with Crippen molar-refractivity contribution in [3.8, 4) is 21.1 Å². The normalized spacial score (nSPS) is 10.9. The predicted molar refractivity (Wildman–Crippen MR) is 94.3 cm³/mol. The number of thiophene rings is 1. The molecule has 0 radical (unpaired) electrons. The molecule has 5 heteroatoms. The van der Waals surface area contributed by atoms with E-state index in [2.05, 4.69) is 27.1 Å². The minimum atomic E-state index is -0.0217. The van der Waals surface area contributed by atoms with Gasteiger partial charge in [-0.15, -0.1) is 22.7 Å². The Balaban J connectivity index is 1.77. The Morgan fingerprint density at radius 3 is 2.55 bits per heavy atom. The molecule has 0 aliphatic rings. The summed E-state index contributed by atoms with van der Waals surface area (Å²) in [6.07, 6.45) is 0. The number of nitrogens with one attached hydrogen (secondary N) is 1. The highest BCUT2D eigenvalue weighted by Gasteiger charge is 2.09. The molecule has 1 amide bonds. The van der Waals surface area contributed by atoms with Gasteiger partial charge in [-0.05, 0) is 23.6 Å². The van der Waals surface area contributed by atoms with E-state index < -0.39 is 0 Å². The zero-order valence-corrected chi connectivity index (χ0v) is 14.0. The standard InChI is InChI=1S/C17H16N2OS2/c1-11(2)16(20)18-13-7-5-12(6-8-13)14-10-22-17(19-14)15-4-3-9-21-15/h3-11H,1-2H3,(H,18,20). The molecule has 0 bridgehead atoms. The van der Waals surface area contributed by atoms with E-state index in [-0.39, 0.29) is 11.8 Å². The molecular formula is C17H16N2OS2. The van der Waals surface area contributed by atoms with Gasteiger partial charge >= 0.3 is 0 Å². The molecule has 0 atom stereocenters. The second-order valence-electron chi connectivity index (χ2n) is 5.24. The fourth-order valence-electron chi connectivity index (χ4n) is 1.93. The first-order valence-electron chi connectivity index (χ1n) is 7.04. The first-order valence-corrected chi connectivity index (χ1v) is 8.80. The number of carbonyl (C=O) groups is 1. The Morgan fingerprint density at radius 1 is 1.14 bits per heavy atom. The third-order valence-electron chi connectivity index (χ3n) is 3.21. The number of nitrogens with zero attached hydrogens (tertiary/aromatic N) is 1. The van der Waals surface area contributed by atoms with Crippen molar-refractivity contribution in [3.05, 3.63) is 47.2 Å². The summed E-state index contributed by atoms with van der Waals surface area (Å²) in [6, 6.07) is 11.9. The van der Waals surface area contributed by atoms with Crippen LogP contribution in [0.15, 0.2) is 47.2 Å². The maximum absolute atomic E-state index is 11.7. The van der Waals surface area contributed by atoms with Gasteiger partial charge in [0.25, 0.3) is 0 Å². The first-order chi connectivity index (χ1) is 10.6. The molecule has 0 aliphatic heterocycles. The van der Waals surface area contributed by atoms with Crippen LogP contribution in [-0.4, -0.2) is 10.9 Å². The number of aromatic nitrogens is 1. The lowest BCUT2D eigenvalue weighted by Crippen LogP contribution is -2.17. The van der Waals surface area contributed by atoms with E-state index >= 15 is 0 Å². The largest absolute Gasteiger partial charge is 0.326 e. The highest BCUT2D eigenvalue weighted by atomic mass is 32.1. The molecular weight excluding hydrogens is 312 g/mol. The number of anilines is 1. The molecule has 0 fully saturated rings. The van der Waals surface area contributed by atoms with Crippen LogP contribution < -0.4 is 5.32 Å². The van der Waals surface area contributed by atoms with Crippen molar-refractivity contribution in [1.29, 1.82) is 0 Å². The maximum atomic E-state index is 11.7. The Morgan fingerprint density at radius 2 is 1.91 bits per heavy atom. The molecule has 1 N–H and O–H groups in total. The quantitative estimate of drug-likeness (QED) is 0.721. The minimum absolute atomic E-state index is 0.0217. The molecule has 0 saturated heterocycles.